The van der Waals surface area contributed by atoms with Crippen LogP contribution in [0.5, 0.6) is 0 Å². The minimum atomic E-state index is 0.280. The number of hydrogen-bond acceptors (Lipinski definition) is 4. The van der Waals surface area contributed by atoms with E-state index in [2.05, 4.69) is 25.8 Å². The molecule has 0 bridgehead atoms. The summed E-state index contributed by atoms with van der Waals surface area (Å²) in [7, 11) is 0. The first-order valence-electron chi connectivity index (χ1n) is 9.65. The second kappa shape index (κ2) is 8.39. The Kier molecular flexibility index (Phi) is 5.96. The van der Waals surface area contributed by atoms with Gasteiger partial charge in [-0.3, -0.25) is 9.78 Å². The van der Waals surface area contributed by atoms with E-state index in [0.717, 1.165) is 55.0 Å². The predicted molar refractivity (Wildman–Crippen MR) is 103 cm³/mol. The maximum Gasteiger partial charge on any atom is 0.222 e. The SMILES string of the molecule is CCCC(=O)N1CCC(c2ncc(-c3ccncc3)c(C(C)C)n2)CC1. The number of aromatic nitrogens is 3. The summed E-state index contributed by atoms with van der Waals surface area (Å²) in [6.07, 6.45) is 9.02. The molecule has 3 rings (SSSR count). The summed E-state index contributed by atoms with van der Waals surface area (Å²) in [4.78, 5) is 27.8. The normalized spacial score (nSPS) is 15.5. The van der Waals surface area contributed by atoms with Gasteiger partial charge in [0.05, 0.1) is 5.69 Å². The van der Waals surface area contributed by atoms with Gasteiger partial charge in [-0.1, -0.05) is 20.8 Å². The Hall–Kier alpha value is -2.30. The van der Waals surface area contributed by atoms with Gasteiger partial charge in [0.2, 0.25) is 5.91 Å². The molecule has 1 fully saturated rings. The molecule has 138 valence electrons. The highest BCUT2D eigenvalue weighted by Gasteiger charge is 2.26. The minimum absolute atomic E-state index is 0.280. The third-order valence-electron chi connectivity index (χ3n) is 5.05. The first-order chi connectivity index (χ1) is 12.6. The van der Waals surface area contributed by atoms with E-state index in [1.54, 1.807) is 12.4 Å². The average molecular weight is 352 g/mol. The van der Waals surface area contributed by atoms with E-state index >= 15 is 0 Å². The Morgan fingerprint density at radius 1 is 1.23 bits per heavy atom. The Bertz CT molecular complexity index is 737. The first kappa shape index (κ1) is 18.5. The lowest BCUT2D eigenvalue weighted by molar-refractivity contribution is -0.132. The summed E-state index contributed by atoms with van der Waals surface area (Å²) in [5.41, 5.74) is 3.28. The summed E-state index contributed by atoms with van der Waals surface area (Å²) in [5, 5.41) is 0. The van der Waals surface area contributed by atoms with Gasteiger partial charge in [-0.05, 0) is 42.9 Å². The smallest absolute Gasteiger partial charge is 0.222 e. The number of likely N-dealkylation sites (tertiary alicyclic amines) is 1. The number of pyridine rings is 1. The van der Waals surface area contributed by atoms with Crippen molar-refractivity contribution in [2.45, 2.75) is 58.3 Å². The fourth-order valence-corrected chi connectivity index (χ4v) is 3.56. The zero-order valence-electron chi connectivity index (χ0n) is 16.0. The predicted octanol–water partition coefficient (Wildman–Crippen LogP) is 4.17. The monoisotopic (exact) mass is 352 g/mol. The van der Waals surface area contributed by atoms with Crippen LogP contribution < -0.4 is 0 Å². The lowest BCUT2D eigenvalue weighted by atomic mass is 9.94. The molecule has 0 spiro atoms. The van der Waals surface area contributed by atoms with Crippen LogP contribution in [-0.4, -0.2) is 38.8 Å². The van der Waals surface area contributed by atoms with Crippen molar-refractivity contribution in [1.29, 1.82) is 0 Å². The van der Waals surface area contributed by atoms with Crippen LogP contribution in [0.2, 0.25) is 0 Å². The van der Waals surface area contributed by atoms with Crippen LogP contribution in [0.3, 0.4) is 0 Å². The zero-order chi connectivity index (χ0) is 18.5. The highest BCUT2D eigenvalue weighted by atomic mass is 16.2. The molecule has 0 unspecified atom stereocenters. The van der Waals surface area contributed by atoms with Crippen LogP contribution in [0.1, 0.15) is 69.8 Å². The van der Waals surface area contributed by atoms with Gasteiger partial charge in [0, 0.05) is 49.6 Å². The number of amides is 1. The standard InChI is InChI=1S/C21H28N4O/c1-4-5-19(26)25-12-8-17(9-13-25)21-23-14-18(20(24-21)15(2)3)16-6-10-22-11-7-16/h6-7,10-11,14-15,17H,4-5,8-9,12-13H2,1-3H3. The molecule has 1 aliphatic rings. The Labute approximate surface area is 155 Å². The van der Waals surface area contributed by atoms with Crippen LogP contribution in [0.4, 0.5) is 0 Å². The molecule has 1 saturated heterocycles. The van der Waals surface area contributed by atoms with Crippen molar-refractivity contribution in [2.24, 2.45) is 0 Å². The molecule has 2 aromatic rings. The quantitative estimate of drug-likeness (QED) is 0.810. The molecule has 0 N–H and O–H groups in total. The van der Waals surface area contributed by atoms with Crippen molar-refractivity contribution in [1.82, 2.24) is 19.9 Å². The third-order valence-corrected chi connectivity index (χ3v) is 5.05. The lowest BCUT2D eigenvalue weighted by Gasteiger charge is -2.31. The van der Waals surface area contributed by atoms with E-state index in [0.29, 0.717) is 18.3 Å². The van der Waals surface area contributed by atoms with Crippen molar-refractivity contribution >= 4 is 5.91 Å². The maximum absolute atomic E-state index is 12.1. The van der Waals surface area contributed by atoms with Gasteiger partial charge in [-0.2, -0.15) is 0 Å². The van der Waals surface area contributed by atoms with E-state index in [9.17, 15) is 4.79 Å². The molecule has 0 aromatic carbocycles. The van der Waals surface area contributed by atoms with Gasteiger partial charge < -0.3 is 4.90 Å². The van der Waals surface area contributed by atoms with Gasteiger partial charge in [-0.15, -0.1) is 0 Å². The van der Waals surface area contributed by atoms with Gasteiger partial charge in [0.1, 0.15) is 5.82 Å². The van der Waals surface area contributed by atoms with E-state index in [1.165, 1.54) is 0 Å². The van der Waals surface area contributed by atoms with Crippen molar-refractivity contribution in [3.8, 4) is 11.1 Å². The third kappa shape index (κ3) is 4.09. The fourth-order valence-electron chi connectivity index (χ4n) is 3.56. The lowest BCUT2D eigenvalue weighted by Crippen LogP contribution is -2.38. The van der Waals surface area contributed by atoms with Crippen LogP contribution in [-0.2, 0) is 4.79 Å². The Morgan fingerprint density at radius 2 is 1.92 bits per heavy atom. The zero-order valence-corrected chi connectivity index (χ0v) is 16.0. The van der Waals surface area contributed by atoms with E-state index < -0.39 is 0 Å². The van der Waals surface area contributed by atoms with Gasteiger partial charge >= 0.3 is 0 Å². The van der Waals surface area contributed by atoms with Crippen molar-refractivity contribution in [3.05, 3.63) is 42.2 Å². The van der Waals surface area contributed by atoms with Gasteiger partial charge in [-0.25, -0.2) is 9.97 Å². The van der Waals surface area contributed by atoms with Crippen molar-refractivity contribution < 1.29 is 4.79 Å². The Balaban J connectivity index is 1.78. The van der Waals surface area contributed by atoms with Crippen molar-refractivity contribution in [2.75, 3.05) is 13.1 Å². The van der Waals surface area contributed by atoms with Crippen LogP contribution >= 0.6 is 0 Å². The highest BCUT2D eigenvalue weighted by Crippen LogP contribution is 2.31. The molecular formula is C21H28N4O. The van der Waals surface area contributed by atoms with E-state index in [-0.39, 0.29) is 5.91 Å². The van der Waals surface area contributed by atoms with Crippen molar-refractivity contribution in [3.63, 3.8) is 0 Å². The minimum Gasteiger partial charge on any atom is -0.343 e. The first-order valence-corrected chi connectivity index (χ1v) is 9.65. The molecule has 5 nitrogen and oxygen atoms in total. The Morgan fingerprint density at radius 3 is 2.54 bits per heavy atom. The van der Waals surface area contributed by atoms with Gasteiger partial charge in [0.15, 0.2) is 0 Å². The molecule has 1 amide bonds. The molecular weight excluding hydrogens is 324 g/mol. The number of rotatable bonds is 5. The number of carbonyl (C=O) groups is 1. The molecule has 0 atom stereocenters. The second-order valence-electron chi connectivity index (χ2n) is 7.32. The number of piperidine rings is 1. The van der Waals surface area contributed by atoms with E-state index in [4.69, 9.17) is 9.97 Å². The molecule has 3 heterocycles. The summed E-state index contributed by atoms with van der Waals surface area (Å²) in [6, 6.07) is 4.00. The summed E-state index contributed by atoms with van der Waals surface area (Å²) in [5.74, 6) is 1.87. The molecule has 26 heavy (non-hydrogen) atoms. The van der Waals surface area contributed by atoms with Crippen LogP contribution in [0.25, 0.3) is 11.1 Å². The van der Waals surface area contributed by atoms with Crippen LogP contribution in [0, 0.1) is 0 Å². The maximum atomic E-state index is 12.1. The highest BCUT2D eigenvalue weighted by molar-refractivity contribution is 5.76. The molecule has 1 aliphatic heterocycles. The van der Waals surface area contributed by atoms with E-state index in [1.807, 2.05) is 23.2 Å². The summed E-state index contributed by atoms with van der Waals surface area (Å²) < 4.78 is 0. The fraction of sp³-hybridized carbons (Fsp3) is 0.524. The molecule has 2 aromatic heterocycles. The number of nitrogens with zero attached hydrogens (tertiary/aromatic N) is 4. The second-order valence-corrected chi connectivity index (χ2v) is 7.32. The molecule has 5 heteroatoms. The van der Waals surface area contributed by atoms with Gasteiger partial charge in [0.25, 0.3) is 0 Å². The molecule has 0 aliphatic carbocycles. The number of hydrogen-bond donors (Lipinski definition) is 0. The number of carbonyl (C=O) groups excluding carboxylic acids is 1. The average Bonchev–Trinajstić information content (AvgIpc) is 2.68. The molecule has 0 radical (unpaired) electrons. The summed E-state index contributed by atoms with van der Waals surface area (Å²) in [6.45, 7) is 8.02. The largest absolute Gasteiger partial charge is 0.343 e. The molecule has 0 saturated carbocycles. The topological polar surface area (TPSA) is 59.0 Å². The summed E-state index contributed by atoms with van der Waals surface area (Å²) >= 11 is 0. The van der Waals surface area contributed by atoms with Crippen LogP contribution in [0.15, 0.2) is 30.7 Å².